The quantitative estimate of drug-likeness (QED) is 0.343. The van der Waals surface area contributed by atoms with Crippen molar-refractivity contribution in [2.75, 3.05) is 0 Å². The molecule has 1 aromatic carbocycles. The van der Waals surface area contributed by atoms with Crippen molar-refractivity contribution < 1.29 is 19.3 Å². The first kappa shape index (κ1) is 13.4. The van der Waals surface area contributed by atoms with Crippen molar-refractivity contribution in [3.63, 3.8) is 0 Å². The highest BCUT2D eigenvalue weighted by molar-refractivity contribution is 6.43. The molecule has 3 rings (SSSR count). The van der Waals surface area contributed by atoms with Crippen LogP contribution in [0.5, 0.6) is 0 Å². The number of nitrogens with one attached hydrogen (secondary N) is 1. The standard InChI is InChI=1S/C13H11N3O5/c17-10-5-13(16(20)21,11(18)12(19)14-10)15-6-8-3-1-2-4-9(8)7-15/h1-4H,5-7H2,(H,14,17,19). The summed E-state index contributed by atoms with van der Waals surface area (Å²) in [6.45, 7) is 0.312. The van der Waals surface area contributed by atoms with Crippen molar-refractivity contribution in [1.82, 2.24) is 10.2 Å². The SMILES string of the molecule is O=C1CC(N2Cc3ccccc3C2)([N+](=O)[O-])C(=O)C(=O)N1. The number of rotatable bonds is 2. The number of benzene rings is 1. The number of nitrogens with zero attached hydrogens (tertiary/aromatic N) is 2. The summed E-state index contributed by atoms with van der Waals surface area (Å²) in [4.78, 5) is 47.2. The number of piperidine rings is 1. The normalized spacial score (nSPS) is 25.6. The van der Waals surface area contributed by atoms with E-state index in [9.17, 15) is 24.5 Å². The van der Waals surface area contributed by atoms with Crippen LogP contribution < -0.4 is 5.32 Å². The zero-order valence-electron chi connectivity index (χ0n) is 10.9. The van der Waals surface area contributed by atoms with Crippen molar-refractivity contribution in [2.45, 2.75) is 25.2 Å². The first-order chi connectivity index (χ1) is 9.95. The minimum absolute atomic E-state index is 0.156. The van der Waals surface area contributed by atoms with Crippen molar-refractivity contribution in [3.05, 3.63) is 45.5 Å². The van der Waals surface area contributed by atoms with E-state index in [4.69, 9.17) is 0 Å². The van der Waals surface area contributed by atoms with E-state index in [0.717, 1.165) is 11.1 Å². The van der Waals surface area contributed by atoms with Crippen LogP contribution in [-0.4, -0.2) is 33.1 Å². The fourth-order valence-corrected chi connectivity index (χ4v) is 2.83. The van der Waals surface area contributed by atoms with E-state index in [1.807, 2.05) is 5.32 Å². The second-order valence-corrected chi connectivity index (χ2v) is 5.08. The topological polar surface area (TPSA) is 110 Å². The molecule has 1 atom stereocenters. The maximum atomic E-state index is 12.1. The molecule has 1 saturated heterocycles. The monoisotopic (exact) mass is 289 g/mol. The summed E-state index contributed by atoms with van der Waals surface area (Å²) >= 11 is 0. The lowest BCUT2D eigenvalue weighted by atomic mass is 9.94. The first-order valence-corrected chi connectivity index (χ1v) is 6.30. The van der Waals surface area contributed by atoms with Gasteiger partial charge < -0.3 is 0 Å². The van der Waals surface area contributed by atoms with E-state index >= 15 is 0 Å². The van der Waals surface area contributed by atoms with Crippen LogP contribution in [0, 0.1) is 10.1 Å². The number of Topliss-reactive ketones (excluding diaryl/α,β-unsaturated/α-hetero) is 1. The second kappa shape index (κ2) is 4.45. The van der Waals surface area contributed by atoms with Gasteiger partial charge in [-0.25, -0.2) is 4.90 Å². The third-order valence-corrected chi connectivity index (χ3v) is 3.90. The Bertz CT molecular complexity index is 661. The summed E-state index contributed by atoms with van der Waals surface area (Å²) in [5, 5.41) is 13.4. The molecule has 8 nitrogen and oxygen atoms in total. The third-order valence-electron chi connectivity index (χ3n) is 3.90. The predicted molar refractivity (Wildman–Crippen MR) is 68.2 cm³/mol. The molecular weight excluding hydrogens is 278 g/mol. The average Bonchev–Trinajstić information content (AvgIpc) is 2.86. The smallest absolute Gasteiger partial charge is 0.289 e. The van der Waals surface area contributed by atoms with Crippen LogP contribution in [-0.2, 0) is 27.5 Å². The van der Waals surface area contributed by atoms with Crippen LogP contribution in [0.25, 0.3) is 0 Å². The summed E-state index contributed by atoms with van der Waals surface area (Å²) in [5.74, 6) is -3.23. The predicted octanol–water partition coefficient (Wildman–Crippen LogP) is -0.409. The molecule has 0 radical (unpaired) electrons. The highest BCUT2D eigenvalue weighted by Crippen LogP contribution is 2.34. The number of nitro groups is 1. The Morgan fingerprint density at radius 2 is 1.71 bits per heavy atom. The third kappa shape index (κ3) is 1.83. The highest BCUT2D eigenvalue weighted by atomic mass is 16.6. The highest BCUT2D eigenvalue weighted by Gasteiger charge is 2.63. The van der Waals surface area contributed by atoms with Gasteiger partial charge in [-0.05, 0) is 11.1 Å². The van der Waals surface area contributed by atoms with Crippen molar-refractivity contribution in [1.29, 1.82) is 0 Å². The lowest BCUT2D eigenvalue weighted by Gasteiger charge is -2.33. The Morgan fingerprint density at radius 1 is 1.14 bits per heavy atom. The zero-order chi connectivity index (χ0) is 15.2. The molecule has 21 heavy (non-hydrogen) atoms. The Labute approximate surface area is 118 Å². The molecule has 1 aromatic rings. The van der Waals surface area contributed by atoms with Gasteiger partial charge in [-0.2, -0.15) is 0 Å². The maximum absolute atomic E-state index is 12.1. The summed E-state index contributed by atoms with van der Waals surface area (Å²) in [5.41, 5.74) is -0.603. The summed E-state index contributed by atoms with van der Waals surface area (Å²) < 4.78 is 0. The zero-order valence-corrected chi connectivity index (χ0v) is 10.9. The van der Waals surface area contributed by atoms with Gasteiger partial charge in [-0.1, -0.05) is 24.3 Å². The Balaban J connectivity index is 2.04. The van der Waals surface area contributed by atoms with Gasteiger partial charge in [0.1, 0.15) is 6.42 Å². The van der Waals surface area contributed by atoms with Gasteiger partial charge in [0.15, 0.2) is 0 Å². The van der Waals surface area contributed by atoms with Gasteiger partial charge in [-0.15, -0.1) is 0 Å². The van der Waals surface area contributed by atoms with E-state index in [0.29, 0.717) is 0 Å². The molecular formula is C13H11N3O5. The van der Waals surface area contributed by atoms with Crippen LogP contribution in [0.1, 0.15) is 17.5 Å². The molecule has 2 aliphatic rings. The number of carbonyl (C=O) groups excluding carboxylic acids is 3. The van der Waals surface area contributed by atoms with Gasteiger partial charge >= 0.3 is 17.4 Å². The largest absolute Gasteiger partial charge is 0.354 e. The Hall–Kier alpha value is -2.61. The molecule has 0 aliphatic carbocycles. The molecule has 0 aromatic heterocycles. The molecule has 2 amide bonds. The summed E-state index contributed by atoms with van der Waals surface area (Å²) in [6.07, 6.45) is -0.654. The lowest BCUT2D eigenvalue weighted by Crippen LogP contribution is -2.67. The van der Waals surface area contributed by atoms with Crippen LogP contribution in [0.4, 0.5) is 0 Å². The second-order valence-electron chi connectivity index (χ2n) is 5.08. The number of imide groups is 1. The molecule has 0 bridgehead atoms. The molecule has 108 valence electrons. The molecule has 1 N–H and O–H groups in total. The molecule has 1 fully saturated rings. The number of carbonyl (C=O) groups is 3. The minimum atomic E-state index is -2.31. The van der Waals surface area contributed by atoms with Crippen molar-refractivity contribution >= 4 is 17.6 Å². The molecule has 8 heteroatoms. The molecule has 2 heterocycles. The first-order valence-electron chi connectivity index (χ1n) is 6.30. The number of hydrogen-bond donors (Lipinski definition) is 1. The van der Waals surface area contributed by atoms with E-state index in [2.05, 4.69) is 0 Å². The van der Waals surface area contributed by atoms with Crippen LogP contribution >= 0.6 is 0 Å². The number of amides is 2. The Kier molecular flexibility index (Phi) is 2.84. The fraction of sp³-hybridized carbons (Fsp3) is 0.308. The lowest BCUT2D eigenvalue weighted by molar-refractivity contribution is -0.582. The maximum Gasteiger partial charge on any atom is 0.354 e. The molecule has 0 saturated carbocycles. The molecule has 0 spiro atoms. The van der Waals surface area contributed by atoms with Crippen LogP contribution in [0.2, 0.25) is 0 Å². The van der Waals surface area contributed by atoms with Crippen LogP contribution in [0.3, 0.4) is 0 Å². The number of hydrogen-bond acceptors (Lipinski definition) is 6. The van der Waals surface area contributed by atoms with Crippen LogP contribution in [0.15, 0.2) is 24.3 Å². The molecule has 1 unspecified atom stereocenters. The van der Waals surface area contributed by atoms with E-state index in [1.54, 1.807) is 24.3 Å². The average molecular weight is 289 g/mol. The summed E-state index contributed by atoms with van der Waals surface area (Å²) in [7, 11) is 0. The van der Waals surface area contributed by atoms with Crippen molar-refractivity contribution in [3.8, 4) is 0 Å². The van der Waals surface area contributed by atoms with E-state index in [-0.39, 0.29) is 13.1 Å². The minimum Gasteiger partial charge on any atom is -0.289 e. The van der Waals surface area contributed by atoms with Gasteiger partial charge in [0, 0.05) is 13.1 Å². The number of ketones is 1. The van der Waals surface area contributed by atoms with Gasteiger partial charge in [0.2, 0.25) is 5.91 Å². The fourth-order valence-electron chi connectivity index (χ4n) is 2.83. The summed E-state index contributed by atoms with van der Waals surface area (Å²) in [6, 6.07) is 7.19. The van der Waals surface area contributed by atoms with Crippen molar-refractivity contribution in [2.24, 2.45) is 0 Å². The van der Waals surface area contributed by atoms with Gasteiger partial charge in [0.25, 0.3) is 0 Å². The molecule has 2 aliphatic heterocycles. The Morgan fingerprint density at radius 3 is 2.24 bits per heavy atom. The van der Waals surface area contributed by atoms with E-state index in [1.165, 1.54) is 4.90 Å². The number of fused-ring (bicyclic) bond motifs is 1. The van der Waals surface area contributed by atoms with Gasteiger partial charge in [-0.3, -0.25) is 29.8 Å². The van der Waals surface area contributed by atoms with E-state index < -0.39 is 34.6 Å². The van der Waals surface area contributed by atoms with Gasteiger partial charge in [0.05, 0.1) is 4.92 Å².